The van der Waals surface area contributed by atoms with Gasteiger partial charge in [-0.05, 0) is 62.7 Å². The predicted molar refractivity (Wildman–Crippen MR) is 131 cm³/mol. The van der Waals surface area contributed by atoms with Gasteiger partial charge in [0.1, 0.15) is 5.75 Å². The second-order valence-corrected chi connectivity index (χ2v) is 8.95. The summed E-state index contributed by atoms with van der Waals surface area (Å²) >= 11 is 0. The Balaban J connectivity index is 1.92. The topological polar surface area (TPSA) is 38.3 Å². The van der Waals surface area contributed by atoms with Gasteiger partial charge in [0.2, 0.25) is 5.91 Å². The van der Waals surface area contributed by atoms with Crippen molar-refractivity contribution in [1.82, 2.24) is 5.32 Å². The predicted octanol–water partition coefficient (Wildman–Crippen LogP) is 6.84. The third-order valence-electron chi connectivity index (χ3n) is 5.78. The highest BCUT2D eigenvalue weighted by Crippen LogP contribution is 2.40. The molecule has 3 nitrogen and oxygen atoms in total. The van der Waals surface area contributed by atoms with Crippen LogP contribution in [-0.4, -0.2) is 13.0 Å². The van der Waals surface area contributed by atoms with E-state index in [-0.39, 0.29) is 11.3 Å². The molecule has 0 bridgehead atoms. The van der Waals surface area contributed by atoms with E-state index >= 15 is 0 Å². The maximum absolute atomic E-state index is 12.2. The molecule has 1 aromatic rings. The van der Waals surface area contributed by atoms with E-state index in [1.54, 1.807) is 13.2 Å². The molecule has 0 heterocycles. The van der Waals surface area contributed by atoms with Crippen molar-refractivity contribution in [3.8, 4) is 5.75 Å². The minimum atomic E-state index is -0.115. The zero-order chi connectivity index (χ0) is 22.9. The van der Waals surface area contributed by atoms with Crippen LogP contribution in [0, 0.1) is 5.41 Å². The summed E-state index contributed by atoms with van der Waals surface area (Å²) < 4.78 is 5.32. The number of rotatable bonds is 8. The highest BCUT2D eigenvalue weighted by Gasteiger charge is 2.26. The van der Waals surface area contributed by atoms with Gasteiger partial charge in [-0.1, -0.05) is 73.6 Å². The fraction of sp³-hybridized carbons (Fsp3) is 0.393. The minimum Gasteiger partial charge on any atom is -0.496 e. The summed E-state index contributed by atoms with van der Waals surface area (Å²) in [4.78, 5) is 12.2. The number of carbonyl (C=O) groups is 1. The number of hydrogen-bond acceptors (Lipinski definition) is 2. The number of carbonyl (C=O) groups excluding carboxylic acids is 1. The van der Waals surface area contributed by atoms with Gasteiger partial charge in [-0.15, -0.1) is 0 Å². The van der Waals surface area contributed by atoms with Crippen molar-refractivity contribution in [3.63, 3.8) is 0 Å². The number of ether oxygens (including phenoxy) is 1. The zero-order valence-corrected chi connectivity index (χ0v) is 19.9. The van der Waals surface area contributed by atoms with E-state index in [1.807, 2.05) is 43.3 Å². The molecule has 1 amide bonds. The van der Waals surface area contributed by atoms with Gasteiger partial charge in [-0.3, -0.25) is 4.79 Å². The number of allylic oxidation sites excluding steroid dienone is 9. The Morgan fingerprint density at radius 2 is 1.90 bits per heavy atom. The van der Waals surface area contributed by atoms with Crippen LogP contribution in [0.2, 0.25) is 0 Å². The van der Waals surface area contributed by atoms with Crippen molar-refractivity contribution in [2.24, 2.45) is 5.41 Å². The highest BCUT2D eigenvalue weighted by atomic mass is 16.5. The summed E-state index contributed by atoms with van der Waals surface area (Å²) in [6, 6.07) is 7.69. The lowest BCUT2D eigenvalue weighted by Gasteiger charge is -2.32. The van der Waals surface area contributed by atoms with Crippen LogP contribution < -0.4 is 10.1 Å². The van der Waals surface area contributed by atoms with Gasteiger partial charge in [0.25, 0.3) is 0 Å². The van der Waals surface area contributed by atoms with Gasteiger partial charge in [-0.25, -0.2) is 0 Å². The third kappa shape index (κ3) is 7.75. The van der Waals surface area contributed by atoms with Crippen LogP contribution in [0.15, 0.2) is 83.0 Å². The second kappa shape index (κ2) is 11.5. The summed E-state index contributed by atoms with van der Waals surface area (Å²) in [5, 5.41) is 2.91. The lowest BCUT2D eigenvalue weighted by Crippen LogP contribution is -2.20. The normalized spacial score (nSPS) is 17.5. The van der Waals surface area contributed by atoms with Crippen molar-refractivity contribution in [2.45, 2.75) is 60.4 Å². The third-order valence-corrected chi connectivity index (χ3v) is 5.78. The first kappa shape index (κ1) is 24.5. The lowest BCUT2D eigenvalue weighted by atomic mass is 9.72. The Bertz CT molecular complexity index is 926. The van der Waals surface area contributed by atoms with Gasteiger partial charge in [0.05, 0.1) is 7.11 Å². The molecule has 31 heavy (non-hydrogen) atoms. The van der Waals surface area contributed by atoms with E-state index in [2.05, 4.69) is 51.2 Å². The fourth-order valence-corrected chi connectivity index (χ4v) is 3.97. The molecule has 0 aliphatic heterocycles. The number of benzene rings is 1. The molecular formula is C28H37NO2. The number of nitrogens with one attached hydrogen (secondary N) is 1. The standard InChI is InChI=1S/C28H37NO2/c1-21(16-17-25-23(3)13-10-18-28(25,4)5)11-9-12-22(2)19-27(30)29-20-24-14-7-8-15-26(24)31-6/h7-9,11-12,14-17,19H,10,13,18,20H2,1-6H3,(H,29,30)/b12-9+,17-16+,21-11+,22-19+. The second-order valence-electron chi connectivity index (χ2n) is 8.95. The molecule has 0 spiro atoms. The number of methoxy groups -OCH3 is 1. The molecule has 1 aromatic carbocycles. The largest absolute Gasteiger partial charge is 0.496 e. The zero-order valence-electron chi connectivity index (χ0n) is 19.9. The van der Waals surface area contributed by atoms with Gasteiger partial charge < -0.3 is 10.1 Å². The molecule has 166 valence electrons. The van der Waals surface area contributed by atoms with E-state index in [1.165, 1.54) is 36.0 Å². The molecule has 0 aromatic heterocycles. The number of amides is 1. The first-order valence-corrected chi connectivity index (χ1v) is 11.0. The van der Waals surface area contributed by atoms with Crippen molar-refractivity contribution >= 4 is 5.91 Å². The molecule has 0 saturated carbocycles. The smallest absolute Gasteiger partial charge is 0.244 e. The van der Waals surface area contributed by atoms with Crippen molar-refractivity contribution in [2.75, 3.05) is 7.11 Å². The van der Waals surface area contributed by atoms with Crippen molar-refractivity contribution < 1.29 is 9.53 Å². The monoisotopic (exact) mass is 419 g/mol. The Labute approximate surface area is 188 Å². The van der Waals surface area contributed by atoms with Crippen molar-refractivity contribution in [1.29, 1.82) is 0 Å². The van der Waals surface area contributed by atoms with Crippen LogP contribution in [0.3, 0.4) is 0 Å². The maximum atomic E-state index is 12.2. The molecule has 1 N–H and O–H groups in total. The summed E-state index contributed by atoms with van der Waals surface area (Å²) in [7, 11) is 1.63. The van der Waals surface area contributed by atoms with E-state index in [0.717, 1.165) is 16.9 Å². The molecule has 0 fully saturated rings. The molecule has 0 saturated heterocycles. The van der Waals surface area contributed by atoms with Gasteiger partial charge in [0.15, 0.2) is 0 Å². The van der Waals surface area contributed by atoms with Gasteiger partial charge >= 0.3 is 0 Å². The molecular weight excluding hydrogens is 382 g/mol. The average molecular weight is 420 g/mol. The van der Waals surface area contributed by atoms with E-state index in [9.17, 15) is 4.79 Å². The van der Waals surface area contributed by atoms with Crippen molar-refractivity contribution in [3.05, 3.63) is 88.6 Å². The van der Waals surface area contributed by atoms with Crippen LogP contribution in [0.5, 0.6) is 5.75 Å². The van der Waals surface area contributed by atoms with Crippen LogP contribution >= 0.6 is 0 Å². The Morgan fingerprint density at radius 3 is 2.61 bits per heavy atom. The quantitative estimate of drug-likeness (QED) is 0.370. The molecule has 0 atom stereocenters. The summed E-state index contributed by atoms with van der Waals surface area (Å²) in [5.41, 5.74) is 6.28. The lowest BCUT2D eigenvalue weighted by molar-refractivity contribution is -0.116. The SMILES string of the molecule is COc1ccccc1CNC(=O)/C=C(C)/C=C/C=C(C)/C=C/C1=C(C)CCCC1(C)C. The van der Waals surface area contributed by atoms with Crippen LogP contribution in [0.25, 0.3) is 0 Å². The van der Waals surface area contributed by atoms with E-state index in [0.29, 0.717) is 6.54 Å². The fourth-order valence-electron chi connectivity index (χ4n) is 3.97. The van der Waals surface area contributed by atoms with Crippen LogP contribution in [0.4, 0.5) is 0 Å². The molecule has 2 rings (SSSR count). The number of para-hydroxylation sites is 1. The maximum Gasteiger partial charge on any atom is 0.244 e. The molecule has 0 unspecified atom stereocenters. The Morgan fingerprint density at radius 1 is 1.16 bits per heavy atom. The Hall–Kier alpha value is -2.81. The summed E-state index contributed by atoms with van der Waals surface area (Å²) in [5.74, 6) is 0.662. The summed E-state index contributed by atoms with van der Waals surface area (Å²) in [6.07, 6.45) is 15.8. The van der Waals surface area contributed by atoms with Crippen LogP contribution in [-0.2, 0) is 11.3 Å². The van der Waals surface area contributed by atoms with Gasteiger partial charge in [-0.2, -0.15) is 0 Å². The van der Waals surface area contributed by atoms with E-state index < -0.39 is 0 Å². The van der Waals surface area contributed by atoms with E-state index in [4.69, 9.17) is 4.74 Å². The minimum absolute atomic E-state index is 0.115. The number of hydrogen-bond donors (Lipinski definition) is 1. The molecule has 3 heteroatoms. The highest BCUT2D eigenvalue weighted by molar-refractivity contribution is 5.88. The van der Waals surface area contributed by atoms with Crippen LogP contribution in [0.1, 0.15) is 59.4 Å². The first-order valence-electron chi connectivity index (χ1n) is 11.0. The summed E-state index contributed by atoms with van der Waals surface area (Å²) in [6.45, 7) is 11.4. The molecule has 0 radical (unpaired) electrons. The van der Waals surface area contributed by atoms with Gasteiger partial charge in [0, 0.05) is 18.2 Å². The molecule has 1 aliphatic carbocycles. The first-order chi connectivity index (χ1) is 14.7. The average Bonchev–Trinajstić information content (AvgIpc) is 2.71. The Kier molecular flexibility index (Phi) is 9.11. The molecule has 1 aliphatic rings.